The Bertz CT molecular complexity index is 623. The van der Waals surface area contributed by atoms with E-state index in [1.165, 1.54) is 54.0 Å². The van der Waals surface area contributed by atoms with Crippen molar-refractivity contribution in [1.82, 2.24) is 5.32 Å². The van der Waals surface area contributed by atoms with Gasteiger partial charge < -0.3 is 5.32 Å². The Labute approximate surface area is 128 Å². The van der Waals surface area contributed by atoms with Gasteiger partial charge in [-0.3, -0.25) is 0 Å². The van der Waals surface area contributed by atoms with Gasteiger partial charge in [0.1, 0.15) is 0 Å². The molecule has 0 radical (unpaired) electrons. The van der Waals surface area contributed by atoms with Crippen LogP contribution < -0.4 is 5.32 Å². The lowest BCUT2D eigenvalue weighted by molar-refractivity contribution is 0.151. The lowest BCUT2D eigenvalue weighted by Gasteiger charge is -2.42. The van der Waals surface area contributed by atoms with Gasteiger partial charge >= 0.3 is 0 Å². The smallest absolute Gasteiger partial charge is 0.0380 e. The van der Waals surface area contributed by atoms with E-state index in [1.54, 1.807) is 0 Å². The van der Waals surface area contributed by atoms with Gasteiger partial charge in [0.05, 0.1) is 0 Å². The Balaban J connectivity index is 2.14. The molecule has 0 aromatic heterocycles. The number of nitrogens with one attached hydrogen (secondary N) is 1. The van der Waals surface area contributed by atoms with Crippen LogP contribution in [-0.2, 0) is 0 Å². The molecule has 2 aromatic rings. The summed E-state index contributed by atoms with van der Waals surface area (Å²) >= 11 is 0. The molecule has 0 saturated heterocycles. The van der Waals surface area contributed by atoms with Crippen molar-refractivity contribution in [2.45, 2.75) is 52.0 Å². The molecule has 1 saturated carbocycles. The maximum absolute atomic E-state index is 3.66. The van der Waals surface area contributed by atoms with E-state index in [1.807, 2.05) is 0 Å². The highest BCUT2D eigenvalue weighted by Crippen LogP contribution is 2.47. The molecule has 0 amide bonds. The van der Waals surface area contributed by atoms with Crippen LogP contribution in [-0.4, -0.2) is 7.05 Å². The van der Waals surface area contributed by atoms with E-state index in [9.17, 15) is 0 Å². The predicted octanol–water partition coefficient (Wildman–Crippen LogP) is 5.38. The van der Waals surface area contributed by atoms with Crippen LogP contribution in [0.2, 0.25) is 0 Å². The number of hydrogen-bond donors (Lipinski definition) is 1. The van der Waals surface area contributed by atoms with Gasteiger partial charge in [0.25, 0.3) is 0 Å². The Morgan fingerprint density at radius 3 is 2.43 bits per heavy atom. The van der Waals surface area contributed by atoms with Gasteiger partial charge in [-0.1, -0.05) is 62.6 Å². The van der Waals surface area contributed by atoms with E-state index >= 15 is 0 Å². The summed E-state index contributed by atoms with van der Waals surface area (Å²) in [5.41, 5.74) is 3.31. The zero-order chi connectivity index (χ0) is 14.9. The van der Waals surface area contributed by atoms with Gasteiger partial charge in [-0.25, -0.2) is 0 Å². The highest BCUT2D eigenvalue weighted by molar-refractivity contribution is 5.87. The first-order chi connectivity index (χ1) is 10.2. The van der Waals surface area contributed by atoms with E-state index in [2.05, 4.69) is 62.6 Å². The fraction of sp³-hybridized carbons (Fsp3) is 0.500. The molecule has 1 aliphatic rings. The quantitative estimate of drug-likeness (QED) is 0.796. The summed E-state index contributed by atoms with van der Waals surface area (Å²) < 4.78 is 0. The number of benzene rings is 2. The molecule has 21 heavy (non-hydrogen) atoms. The second-order valence-electron chi connectivity index (χ2n) is 6.95. The minimum absolute atomic E-state index is 0.377. The molecular weight excluding hydrogens is 254 g/mol. The van der Waals surface area contributed by atoms with Gasteiger partial charge in [0.2, 0.25) is 0 Å². The largest absolute Gasteiger partial charge is 0.313 e. The normalized spacial score (nSPS) is 19.6. The Hall–Kier alpha value is -1.34. The molecule has 1 N–H and O–H groups in total. The molecule has 1 fully saturated rings. The van der Waals surface area contributed by atoms with Crippen molar-refractivity contribution in [2.75, 3.05) is 7.05 Å². The predicted molar refractivity (Wildman–Crippen MR) is 91.7 cm³/mol. The highest BCUT2D eigenvalue weighted by Gasteiger charge is 2.36. The van der Waals surface area contributed by atoms with Gasteiger partial charge in [0, 0.05) is 6.04 Å². The molecule has 1 heteroatoms. The summed E-state index contributed by atoms with van der Waals surface area (Å²) in [4.78, 5) is 0. The van der Waals surface area contributed by atoms with Crippen LogP contribution in [0, 0.1) is 12.3 Å². The molecule has 0 spiro atoms. The van der Waals surface area contributed by atoms with E-state index in [0.29, 0.717) is 11.5 Å². The number of aryl methyl sites for hydroxylation is 1. The topological polar surface area (TPSA) is 12.0 Å². The van der Waals surface area contributed by atoms with E-state index in [0.717, 1.165) is 0 Å². The van der Waals surface area contributed by atoms with Crippen LogP contribution in [0.4, 0.5) is 0 Å². The summed E-state index contributed by atoms with van der Waals surface area (Å²) in [7, 11) is 2.13. The third-order valence-electron chi connectivity index (χ3n) is 5.46. The molecule has 1 atom stereocenters. The summed E-state index contributed by atoms with van der Waals surface area (Å²) in [5, 5.41) is 6.44. The third kappa shape index (κ3) is 2.60. The van der Waals surface area contributed by atoms with Crippen molar-refractivity contribution < 1.29 is 0 Å². The SMILES string of the molecule is CNC(c1c(C)ccc2ccccc12)C1(C)CCCCC1. The maximum Gasteiger partial charge on any atom is 0.0380 e. The molecule has 1 aliphatic carbocycles. The summed E-state index contributed by atoms with van der Waals surface area (Å²) in [5.74, 6) is 0. The van der Waals surface area contributed by atoms with E-state index in [-0.39, 0.29) is 0 Å². The summed E-state index contributed by atoms with van der Waals surface area (Å²) in [6.07, 6.45) is 6.82. The second-order valence-corrected chi connectivity index (χ2v) is 6.95. The lowest BCUT2D eigenvalue weighted by Crippen LogP contribution is -2.36. The molecule has 1 nitrogen and oxygen atoms in total. The first-order valence-electron chi connectivity index (χ1n) is 8.31. The molecule has 0 aliphatic heterocycles. The molecule has 2 aromatic carbocycles. The van der Waals surface area contributed by atoms with Crippen LogP contribution >= 0.6 is 0 Å². The molecule has 0 bridgehead atoms. The molecule has 3 rings (SSSR count). The lowest BCUT2D eigenvalue weighted by atomic mass is 9.67. The zero-order valence-corrected chi connectivity index (χ0v) is 13.6. The molecular formula is C20H27N. The first kappa shape index (κ1) is 14.6. The van der Waals surface area contributed by atoms with Crippen molar-refractivity contribution in [3.63, 3.8) is 0 Å². The zero-order valence-electron chi connectivity index (χ0n) is 13.6. The molecule has 0 heterocycles. The Morgan fingerprint density at radius 1 is 1.00 bits per heavy atom. The molecule has 1 unspecified atom stereocenters. The average molecular weight is 281 g/mol. The van der Waals surface area contributed by atoms with Crippen molar-refractivity contribution in [2.24, 2.45) is 5.41 Å². The third-order valence-corrected chi connectivity index (χ3v) is 5.46. The number of fused-ring (bicyclic) bond motifs is 1. The fourth-order valence-electron chi connectivity index (χ4n) is 4.28. The molecule has 112 valence electrons. The van der Waals surface area contributed by atoms with Gasteiger partial charge in [0.15, 0.2) is 0 Å². The van der Waals surface area contributed by atoms with Gasteiger partial charge in [-0.05, 0) is 54.1 Å². The monoisotopic (exact) mass is 281 g/mol. The summed E-state index contributed by atoms with van der Waals surface area (Å²) in [6.45, 7) is 4.74. The second kappa shape index (κ2) is 5.81. The minimum Gasteiger partial charge on any atom is -0.313 e. The minimum atomic E-state index is 0.377. The van der Waals surface area contributed by atoms with Crippen LogP contribution in [0.5, 0.6) is 0 Å². The van der Waals surface area contributed by atoms with Crippen molar-refractivity contribution >= 4 is 10.8 Å². The van der Waals surface area contributed by atoms with Crippen molar-refractivity contribution in [3.8, 4) is 0 Å². The maximum atomic E-state index is 3.66. The van der Waals surface area contributed by atoms with Crippen LogP contribution in [0.1, 0.15) is 56.2 Å². The van der Waals surface area contributed by atoms with Gasteiger partial charge in [-0.15, -0.1) is 0 Å². The van der Waals surface area contributed by atoms with E-state index in [4.69, 9.17) is 0 Å². The van der Waals surface area contributed by atoms with Crippen molar-refractivity contribution in [3.05, 3.63) is 47.5 Å². The number of hydrogen-bond acceptors (Lipinski definition) is 1. The standard InChI is InChI=1S/C20H27N/c1-15-11-12-16-9-5-6-10-17(16)18(15)19(21-3)20(2)13-7-4-8-14-20/h5-6,9-12,19,21H,4,7-8,13-14H2,1-3H3. The van der Waals surface area contributed by atoms with Gasteiger partial charge in [-0.2, -0.15) is 0 Å². The first-order valence-corrected chi connectivity index (χ1v) is 8.31. The average Bonchev–Trinajstić information content (AvgIpc) is 2.51. The Kier molecular flexibility index (Phi) is 4.03. The van der Waals surface area contributed by atoms with Crippen LogP contribution in [0.25, 0.3) is 10.8 Å². The van der Waals surface area contributed by atoms with Crippen LogP contribution in [0.15, 0.2) is 36.4 Å². The Morgan fingerprint density at radius 2 is 1.71 bits per heavy atom. The van der Waals surface area contributed by atoms with Crippen molar-refractivity contribution in [1.29, 1.82) is 0 Å². The highest BCUT2D eigenvalue weighted by atomic mass is 14.9. The van der Waals surface area contributed by atoms with Crippen LogP contribution in [0.3, 0.4) is 0 Å². The fourth-order valence-corrected chi connectivity index (χ4v) is 4.28. The van der Waals surface area contributed by atoms with E-state index < -0.39 is 0 Å². The summed E-state index contributed by atoms with van der Waals surface area (Å²) in [6, 6.07) is 13.8. The number of rotatable bonds is 3.